The van der Waals surface area contributed by atoms with Gasteiger partial charge in [-0.2, -0.15) is 10.4 Å². The van der Waals surface area contributed by atoms with E-state index in [4.69, 9.17) is 28.5 Å². The number of hydrogen-bond donors (Lipinski definition) is 1. The molecule has 0 radical (unpaired) electrons. The zero-order valence-electron chi connectivity index (χ0n) is 16.2. The molecule has 1 heterocycles. The predicted molar refractivity (Wildman–Crippen MR) is 113 cm³/mol. The highest BCUT2D eigenvalue weighted by atomic mass is 35.5. The second-order valence-electron chi connectivity index (χ2n) is 7.38. The van der Waals surface area contributed by atoms with E-state index >= 15 is 0 Å². The number of benzene rings is 2. The Kier molecular flexibility index (Phi) is 5.54. The maximum Gasteiger partial charge on any atom is 0.101 e. The zero-order chi connectivity index (χ0) is 20.6. The van der Waals surface area contributed by atoms with E-state index in [-0.39, 0.29) is 0 Å². The van der Waals surface area contributed by atoms with Gasteiger partial charge in [-0.05, 0) is 63.1 Å². The molecule has 1 aromatic heterocycles. The number of aliphatic hydroxyl groups is 1. The first-order valence-corrected chi connectivity index (χ1v) is 9.62. The van der Waals surface area contributed by atoms with Gasteiger partial charge in [0.25, 0.3) is 0 Å². The van der Waals surface area contributed by atoms with Crippen LogP contribution >= 0.6 is 23.2 Å². The van der Waals surface area contributed by atoms with Gasteiger partial charge in [0, 0.05) is 21.8 Å². The van der Waals surface area contributed by atoms with Crippen molar-refractivity contribution >= 4 is 23.2 Å². The van der Waals surface area contributed by atoms with Crippen LogP contribution in [0, 0.1) is 25.2 Å². The van der Waals surface area contributed by atoms with Crippen molar-refractivity contribution in [2.45, 2.75) is 39.8 Å². The fraction of sp³-hybridized carbons (Fsp3) is 0.273. The van der Waals surface area contributed by atoms with Gasteiger partial charge in [0.1, 0.15) is 6.07 Å². The quantitative estimate of drug-likeness (QED) is 0.603. The molecular formula is C22H21Cl2N3O. The topological polar surface area (TPSA) is 61.8 Å². The Morgan fingerprint density at radius 3 is 2.43 bits per heavy atom. The van der Waals surface area contributed by atoms with E-state index in [1.165, 1.54) is 0 Å². The lowest BCUT2D eigenvalue weighted by atomic mass is 9.96. The minimum Gasteiger partial charge on any atom is -0.386 e. The molecule has 0 amide bonds. The van der Waals surface area contributed by atoms with Gasteiger partial charge < -0.3 is 5.11 Å². The summed E-state index contributed by atoms with van der Waals surface area (Å²) >= 11 is 12.5. The van der Waals surface area contributed by atoms with Gasteiger partial charge >= 0.3 is 0 Å². The van der Waals surface area contributed by atoms with Gasteiger partial charge in [0.2, 0.25) is 0 Å². The van der Waals surface area contributed by atoms with E-state index < -0.39 is 5.60 Å². The third-order valence-electron chi connectivity index (χ3n) is 4.78. The number of aromatic nitrogens is 2. The lowest BCUT2D eigenvalue weighted by Gasteiger charge is -2.20. The molecule has 0 unspecified atom stereocenters. The van der Waals surface area contributed by atoms with Crippen LogP contribution in [-0.4, -0.2) is 14.9 Å². The van der Waals surface area contributed by atoms with Gasteiger partial charge in [-0.3, -0.25) is 4.68 Å². The van der Waals surface area contributed by atoms with Crippen LogP contribution in [0.3, 0.4) is 0 Å². The van der Waals surface area contributed by atoms with Gasteiger partial charge in [-0.25, -0.2) is 0 Å². The molecule has 0 aliphatic rings. The Balaban J connectivity index is 2.00. The molecule has 0 bridgehead atoms. The van der Waals surface area contributed by atoms with Crippen molar-refractivity contribution < 1.29 is 5.11 Å². The smallest absolute Gasteiger partial charge is 0.101 e. The molecule has 0 atom stereocenters. The molecule has 0 aliphatic carbocycles. The van der Waals surface area contributed by atoms with Crippen LogP contribution in [0.5, 0.6) is 0 Å². The summed E-state index contributed by atoms with van der Waals surface area (Å²) in [6.07, 6.45) is 0. The fourth-order valence-corrected chi connectivity index (χ4v) is 3.91. The van der Waals surface area contributed by atoms with Crippen molar-refractivity contribution in [3.05, 3.63) is 74.5 Å². The summed E-state index contributed by atoms with van der Waals surface area (Å²) in [6.45, 7) is 7.95. The molecule has 144 valence electrons. The minimum absolute atomic E-state index is 0.430. The Bertz CT molecular complexity index is 1090. The lowest BCUT2D eigenvalue weighted by molar-refractivity contribution is 0.0786. The van der Waals surface area contributed by atoms with Crippen LogP contribution in [0.15, 0.2) is 36.4 Å². The van der Waals surface area contributed by atoms with Crippen LogP contribution in [0.1, 0.15) is 41.9 Å². The van der Waals surface area contributed by atoms with Crippen molar-refractivity contribution in [3.63, 3.8) is 0 Å². The molecule has 28 heavy (non-hydrogen) atoms. The monoisotopic (exact) mass is 413 g/mol. The fourth-order valence-electron chi connectivity index (χ4n) is 3.34. The van der Waals surface area contributed by atoms with E-state index in [9.17, 15) is 5.11 Å². The second-order valence-corrected chi connectivity index (χ2v) is 8.20. The predicted octanol–water partition coefficient (Wildman–Crippen LogP) is 5.62. The number of aryl methyl sites for hydroxylation is 1. The summed E-state index contributed by atoms with van der Waals surface area (Å²) in [7, 11) is 0. The van der Waals surface area contributed by atoms with Crippen molar-refractivity contribution in [2.75, 3.05) is 0 Å². The normalized spacial score (nSPS) is 11.5. The molecule has 0 saturated carbocycles. The van der Waals surface area contributed by atoms with Gasteiger partial charge in [-0.15, -0.1) is 0 Å². The van der Waals surface area contributed by atoms with Crippen molar-refractivity contribution in [1.29, 1.82) is 5.26 Å². The maximum absolute atomic E-state index is 10.3. The summed E-state index contributed by atoms with van der Waals surface area (Å²) in [5.41, 5.74) is 4.93. The van der Waals surface area contributed by atoms with Gasteiger partial charge in [-0.1, -0.05) is 35.3 Å². The van der Waals surface area contributed by atoms with E-state index in [0.717, 1.165) is 28.1 Å². The largest absolute Gasteiger partial charge is 0.386 e. The summed E-state index contributed by atoms with van der Waals surface area (Å²) in [6, 6.07) is 13.1. The molecule has 0 aliphatic heterocycles. The van der Waals surface area contributed by atoms with E-state index in [1.807, 2.05) is 36.7 Å². The average Bonchev–Trinajstić information content (AvgIpc) is 2.89. The molecule has 0 saturated heterocycles. The highest BCUT2D eigenvalue weighted by molar-refractivity contribution is 6.32. The zero-order valence-corrected chi connectivity index (χ0v) is 17.7. The van der Waals surface area contributed by atoms with Gasteiger partial charge in [0.15, 0.2) is 0 Å². The molecule has 6 heteroatoms. The minimum atomic E-state index is -1.02. The Morgan fingerprint density at radius 1 is 1.11 bits per heavy atom. The first-order valence-electron chi connectivity index (χ1n) is 8.87. The third-order valence-corrected chi connectivity index (χ3v) is 5.42. The molecule has 0 spiro atoms. The average molecular weight is 414 g/mol. The lowest BCUT2D eigenvalue weighted by Crippen LogP contribution is -2.17. The van der Waals surface area contributed by atoms with E-state index in [1.54, 1.807) is 32.0 Å². The number of nitrogens with zero attached hydrogens (tertiary/aromatic N) is 3. The van der Waals surface area contributed by atoms with Crippen LogP contribution in [0.2, 0.25) is 10.0 Å². The highest BCUT2D eigenvalue weighted by Gasteiger charge is 2.21. The molecule has 3 aromatic rings. The van der Waals surface area contributed by atoms with Crippen molar-refractivity contribution in [3.8, 4) is 17.2 Å². The van der Waals surface area contributed by atoms with Gasteiger partial charge in [0.05, 0.1) is 28.4 Å². The van der Waals surface area contributed by atoms with Crippen LogP contribution in [-0.2, 0) is 12.1 Å². The molecule has 2 aromatic carbocycles. The van der Waals surface area contributed by atoms with E-state index in [0.29, 0.717) is 27.7 Å². The number of hydrogen-bond acceptors (Lipinski definition) is 3. The SMILES string of the molecule is Cc1nn(Cc2ccc(Cl)c(C(C)(C)O)c2)c(C)c1-c1ccc(C#N)c(Cl)c1. The maximum atomic E-state index is 10.3. The summed E-state index contributed by atoms with van der Waals surface area (Å²) < 4.78 is 1.92. The number of nitriles is 1. The summed E-state index contributed by atoms with van der Waals surface area (Å²) in [5, 5.41) is 25.1. The Hall–Kier alpha value is -2.32. The number of halogens is 2. The molecule has 1 N–H and O–H groups in total. The molecule has 3 rings (SSSR count). The first-order chi connectivity index (χ1) is 13.1. The van der Waals surface area contributed by atoms with E-state index in [2.05, 4.69) is 11.2 Å². The van der Waals surface area contributed by atoms with Crippen molar-refractivity contribution in [2.24, 2.45) is 0 Å². The first kappa shape index (κ1) is 20.4. The van der Waals surface area contributed by atoms with Crippen molar-refractivity contribution in [1.82, 2.24) is 9.78 Å². The Labute approximate surface area is 175 Å². The standard InChI is InChI=1S/C22H21Cl2N3O/c1-13-21(16-6-7-17(11-25)20(24)10-16)14(2)27(26-13)12-15-5-8-19(23)18(9-15)22(3,4)28/h5-10,28H,12H2,1-4H3. The summed E-state index contributed by atoms with van der Waals surface area (Å²) in [4.78, 5) is 0. The molecule has 0 fully saturated rings. The highest BCUT2D eigenvalue weighted by Crippen LogP contribution is 2.32. The Morgan fingerprint density at radius 2 is 1.82 bits per heavy atom. The van der Waals surface area contributed by atoms with Crippen LogP contribution in [0.25, 0.3) is 11.1 Å². The second kappa shape index (κ2) is 7.60. The third kappa shape index (κ3) is 3.93. The molecular weight excluding hydrogens is 393 g/mol. The molecule has 4 nitrogen and oxygen atoms in total. The summed E-state index contributed by atoms with van der Waals surface area (Å²) in [5.74, 6) is 0. The number of rotatable bonds is 4. The van der Waals surface area contributed by atoms with Crippen LogP contribution in [0.4, 0.5) is 0 Å². The van der Waals surface area contributed by atoms with Crippen LogP contribution < -0.4 is 0 Å².